The summed E-state index contributed by atoms with van der Waals surface area (Å²) in [6, 6.07) is 8.29. The van der Waals surface area contributed by atoms with Crippen LogP contribution in [0.25, 0.3) is 0 Å². The van der Waals surface area contributed by atoms with Crippen LogP contribution < -0.4 is 10.1 Å². The van der Waals surface area contributed by atoms with Gasteiger partial charge in [0.25, 0.3) is 0 Å². The summed E-state index contributed by atoms with van der Waals surface area (Å²) in [6.45, 7) is 0. The first-order chi connectivity index (χ1) is 10.7. The zero-order chi connectivity index (χ0) is 15.9. The molecule has 22 heavy (non-hydrogen) atoms. The van der Waals surface area contributed by atoms with E-state index < -0.39 is 18.1 Å². The SMILES string of the molecule is COc1ccccc1[C@@H](C#N)NC(=O)[C@H](O)C1CCCCC1. The maximum Gasteiger partial charge on any atom is 0.250 e. The molecule has 1 aliphatic carbocycles. The van der Waals surface area contributed by atoms with Gasteiger partial charge in [-0.3, -0.25) is 4.79 Å². The molecule has 0 aromatic heterocycles. The van der Waals surface area contributed by atoms with Crippen molar-refractivity contribution in [1.29, 1.82) is 5.26 Å². The van der Waals surface area contributed by atoms with Crippen molar-refractivity contribution in [3.63, 3.8) is 0 Å². The number of carbonyl (C=O) groups excluding carboxylic acids is 1. The lowest BCUT2D eigenvalue weighted by molar-refractivity contribution is -0.133. The largest absolute Gasteiger partial charge is 0.496 e. The van der Waals surface area contributed by atoms with Crippen LogP contribution in [0.3, 0.4) is 0 Å². The lowest BCUT2D eigenvalue weighted by Crippen LogP contribution is -2.41. The number of benzene rings is 1. The van der Waals surface area contributed by atoms with Gasteiger partial charge in [0.1, 0.15) is 17.9 Å². The standard InChI is InChI=1S/C17H22N2O3/c1-22-15-10-6-5-9-13(15)14(11-18)19-17(21)16(20)12-7-3-2-4-8-12/h5-6,9-10,12,14,16,20H,2-4,7-8H2,1H3,(H,19,21)/t14-,16-/m1/s1. The van der Waals surface area contributed by atoms with Crippen molar-refractivity contribution in [2.24, 2.45) is 5.92 Å². The van der Waals surface area contributed by atoms with E-state index in [1.165, 1.54) is 7.11 Å². The minimum absolute atomic E-state index is 0.00855. The van der Waals surface area contributed by atoms with Crippen LogP contribution >= 0.6 is 0 Å². The van der Waals surface area contributed by atoms with E-state index in [-0.39, 0.29) is 5.92 Å². The molecule has 1 aromatic carbocycles. The lowest BCUT2D eigenvalue weighted by atomic mass is 9.85. The summed E-state index contributed by atoms with van der Waals surface area (Å²) in [6.07, 6.45) is 3.92. The highest BCUT2D eigenvalue weighted by Crippen LogP contribution is 2.28. The Morgan fingerprint density at radius 3 is 2.68 bits per heavy atom. The van der Waals surface area contributed by atoms with Crippen molar-refractivity contribution in [2.45, 2.75) is 44.2 Å². The van der Waals surface area contributed by atoms with Gasteiger partial charge in [-0.25, -0.2) is 0 Å². The third-order valence-corrected chi connectivity index (χ3v) is 4.23. The smallest absolute Gasteiger partial charge is 0.250 e. The van der Waals surface area contributed by atoms with E-state index in [9.17, 15) is 15.2 Å². The molecule has 0 heterocycles. The highest BCUT2D eigenvalue weighted by atomic mass is 16.5. The molecule has 1 amide bonds. The van der Waals surface area contributed by atoms with Crippen LogP contribution in [-0.2, 0) is 4.79 Å². The van der Waals surface area contributed by atoms with E-state index in [1.807, 2.05) is 0 Å². The molecule has 118 valence electrons. The van der Waals surface area contributed by atoms with Crippen LogP contribution in [0.4, 0.5) is 0 Å². The lowest BCUT2D eigenvalue weighted by Gasteiger charge is -2.26. The van der Waals surface area contributed by atoms with Gasteiger partial charge in [-0.2, -0.15) is 5.26 Å². The molecule has 5 nitrogen and oxygen atoms in total. The van der Waals surface area contributed by atoms with Crippen LogP contribution in [0.2, 0.25) is 0 Å². The maximum absolute atomic E-state index is 12.2. The zero-order valence-corrected chi connectivity index (χ0v) is 12.8. The fourth-order valence-electron chi connectivity index (χ4n) is 2.98. The second kappa shape index (κ2) is 7.81. The molecule has 1 fully saturated rings. The predicted molar refractivity (Wildman–Crippen MR) is 82.1 cm³/mol. The van der Waals surface area contributed by atoms with Gasteiger partial charge in [0.05, 0.1) is 13.2 Å². The highest BCUT2D eigenvalue weighted by molar-refractivity contribution is 5.81. The molecule has 5 heteroatoms. The summed E-state index contributed by atoms with van der Waals surface area (Å²) in [5, 5.41) is 22.2. The first kappa shape index (κ1) is 16.3. The normalized spacial score (nSPS) is 18.0. The van der Waals surface area contributed by atoms with E-state index in [4.69, 9.17) is 4.74 Å². The van der Waals surface area contributed by atoms with Gasteiger partial charge in [-0.05, 0) is 24.8 Å². The molecule has 2 rings (SSSR count). The number of ether oxygens (including phenoxy) is 1. The topological polar surface area (TPSA) is 82.3 Å². The van der Waals surface area contributed by atoms with Gasteiger partial charge >= 0.3 is 0 Å². The van der Waals surface area contributed by atoms with Gasteiger partial charge in [0.15, 0.2) is 0 Å². The summed E-state index contributed by atoms with van der Waals surface area (Å²) in [7, 11) is 1.52. The highest BCUT2D eigenvalue weighted by Gasteiger charge is 2.29. The second-order valence-electron chi connectivity index (χ2n) is 5.66. The third-order valence-electron chi connectivity index (χ3n) is 4.23. The van der Waals surface area contributed by atoms with E-state index in [0.29, 0.717) is 11.3 Å². The van der Waals surface area contributed by atoms with E-state index in [0.717, 1.165) is 32.1 Å². The number of rotatable bonds is 5. The molecule has 0 unspecified atom stereocenters. The molecule has 2 atom stereocenters. The Hall–Kier alpha value is -2.06. The fraction of sp³-hybridized carbons (Fsp3) is 0.529. The van der Waals surface area contributed by atoms with Gasteiger partial charge in [0, 0.05) is 5.56 Å². The number of para-hydroxylation sites is 1. The summed E-state index contributed by atoms with van der Waals surface area (Å²) in [5.41, 5.74) is 0.594. The van der Waals surface area contributed by atoms with E-state index in [2.05, 4.69) is 11.4 Å². The number of methoxy groups -OCH3 is 1. The van der Waals surface area contributed by atoms with Crippen LogP contribution in [0.5, 0.6) is 5.75 Å². The van der Waals surface area contributed by atoms with E-state index in [1.54, 1.807) is 24.3 Å². The molecular formula is C17H22N2O3. The molecule has 0 aliphatic heterocycles. The third kappa shape index (κ3) is 3.77. The van der Waals surface area contributed by atoms with Gasteiger partial charge in [-0.1, -0.05) is 37.5 Å². The van der Waals surface area contributed by atoms with Crippen molar-refractivity contribution >= 4 is 5.91 Å². The summed E-state index contributed by atoms with van der Waals surface area (Å²) >= 11 is 0. The Morgan fingerprint density at radius 1 is 1.36 bits per heavy atom. The molecule has 0 radical (unpaired) electrons. The Balaban J connectivity index is 2.06. The number of aliphatic hydroxyl groups is 1. The summed E-state index contributed by atoms with van der Waals surface area (Å²) in [4.78, 5) is 12.2. The zero-order valence-electron chi connectivity index (χ0n) is 12.8. The Labute approximate surface area is 130 Å². The average Bonchev–Trinajstić information content (AvgIpc) is 2.59. The van der Waals surface area contributed by atoms with Crippen molar-refractivity contribution < 1.29 is 14.6 Å². The van der Waals surface area contributed by atoms with Crippen molar-refractivity contribution in [2.75, 3.05) is 7.11 Å². The number of aliphatic hydroxyl groups excluding tert-OH is 1. The van der Waals surface area contributed by atoms with Gasteiger partial charge < -0.3 is 15.2 Å². The maximum atomic E-state index is 12.2. The van der Waals surface area contributed by atoms with Crippen LogP contribution in [0.1, 0.15) is 43.7 Å². The molecule has 0 bridgehead atoms. The number of amides is 1. The number of nitrogens with zero attached hydrogens (tertiary/aromatic N) is 1. The summed E-state index contributed by atoms with van der Waals surface area (Å²) < 4.78 is 5.22. The first-order valence-corrected chi connectivity index (χ1v) is 7.68. The molecular weight excluding hydrogens is 280 g/mol. The molecule has 1 aromatic rings. The fourth-order valence-corrected chi connectivity index (χ4v) is 2.98. The van der Waals surface area contributed by atoms with Crippen LogP contribution in [-0.4, -0.2) is 24.2 Å². The van der Waals surface area contributed by atoms with Gasteiger partial charge in [-0.15, -0.1) is 0 Å². The van der Waals surface area contributed by atoms with Crippen molar-refractivity contribution in [1.82, 2.24) is 5.32 Å². The number of hydrogen-bond donors (Lipinski definition) is 2. The minimum atomic E-state index is -1.05. The first-order valence-electron chi connectivity index (χ1n) is 7.68. The van der Waals surface area contributed by atoms with E-state index >= 15 is 0 Å². The predicted octanol–water partition coefficient (Wildman–Crippen LogP) is 2.32. The Morgan fingerprint density at radius 2 is 2.05 bits per heavy atom. The van der Waals surface area contributed by atoms with Gasteiger partial charge in [0.2, 0.25) is 5.91 Å². The van der Waals surface area contributed by atoms with Crippen molar-refractivity contribution in [3.8, 4) is 11.8 Å². The Kier molecular flexibility index (Phi) is 5.79. The average molecular weight is 302 g/mol. The van der Waals surface area contributed by atoms with Crippen LogP contribution in [0.15, 0.2) is 24.3 Å². The summed E-state index contributed by atoms with van der Waals surface area (Å²) in [5.74, 6) is 0.0524. The minimum Gasteiger partial charge on any atom is -0.496 e. The number of nitrogens with one attached hydrogen (secondary N) is 1. The van der Waals surface area contributed by atoms with Crippen LogP contribution in [0, 0.1) is 17.2 Å². The molecule has 2 N–H and O–H groups in total. The molecule has 0 saturated heterocycles. The number of nitriles is 1. The second-order valence-corrected chi connectivity index (χ2v) is 5.66. The Bertz CT molecular complexity index is 547. The monoisotopic (exact) mass is 302 g/mol. The molecule has 1 saturated carbocycles. The van der Waals surface area contributed by atoms with Crippen molar-refractivity contribution in [3.05, 3.63) is 29.8 Å². The molecule has 0 spiro atoms. The number of carbonyl (C=O) groups is 1. The molecule has 1 aliphatic rings. The quantitative estimate of drug-likeness (QED) is 0.874. The number of hydrogen-bond acceptors (Lipinski definition) is 4.